The third kappa shape index (κ3) is 2.75. The number of carbonyl (C=O) groups excluding carboxylic acids is 2. The Morgan fingerprint density at radius 1 is 1.20 bits per heavy atom. The zero-order valence-corrected chi connectivity index (χ0v) is 16.9. The molecule has 4 rings (SSSR count). The second-order valence-corrected chi connectivity index (χ2v) is 7.96. The molecule has 0 aromatic heterocycles. The van der Waals surface area contributed by atoms with Crippen LogP contribution in [0.4, 0.5) is 5.69 Å². The number of para-hydroxylation sites is 1. The minimum Gasteiger partial charge on any atom is -0.504 e. The first-order valence-electron chi connectivity index (χ1n) is 9.21. The summed E-state index contributed by atoms with van der Waals surface area (Å²) in [6.45, 7) is 1.37. The van der Waals surface area contributed by atoms with E-state index < -0.39 is 41.2 Å². The first-order valence-corrected chi connectivity index (χ1v) is 9.59. The number of phenols is 1. The van der Waals surface area contributed by atoms with Crippen molar-refractivity contribution in [1.29, 1.82) is 0 Å². The van der Waals surface area contributed by atoms with E-state index in [-0.39, 0.29) is 22.7 Å². The Balaban J connectivity index is 1.86. The van der Waals surface area contributed by atoms with Crippen molar-refractivity contribution in [2.45, 2.75) is 18.5 Å². The third-order valence-electron chi connectivity index (χ3n) is 5.88. The molecule has 0 bridgehead atoms. The quantitative estimate of drug-likeness (QED) is 0.637. The lowest BCUT2D eigenvalue weighted by molar-refractivity contribution is -0.147. The molecule has 156 valence electrons. The van der Waals surface area contributed by atoms with Gasteiger partial charge in [0.15, 0.2) is 11.5 Å². The van der Waals surface area contributed by atoms with E-state index in [1.54, 1.807) is 36.4 Å². The molecule has 3 N–H and O–H groups in total. The van der Waals surface area contributed by atoms with E-state index in [4.69, 9.17) is 16.3 Å². The number of imide groups is 1. The summed E-state index contributed by atoms with van der Waals surface area (Å²) in [5, 5.41) is 23.8. The van der Waals surface area contributed by atoms with E-state index in [0.29, 0.717) is 5.02 Å². The van der Waals surface area contributed by atoms with Gasteiger partial charge in [-0.25, -0.2) is 4.90 Å². The van der Waals surface area contributed by atoms with Crippen LogP contribution in [0, 0.1) is 11.8 Å². The summed E-state index contributed by atoms with van der Waals surface area (Å²) in [6, 6.07) is 10.1. The summed E-state index contributed by atoms with van der Waals surface area (Å²) in [6.07, 6.45) is 0. The van der Waals surface area contributed by atoms with Crippen LogP contribution < -0.4 is 15.0 Å². The van der Waals surface area contributed by atoms with E-state index >= 15 is 0 Å². The van der Waals surface area contributed by atoms with Crippen LogP contribution in [0.25, 0.3) is 0 Å². The van der Waals surface area contributed by atoms with Crippen molar-refractivity contribution in [1.82, 2.24) is 5.32 Å². The number of rotatable bonds is 4. The number of carboxylic acid groups (broad SMARTS) is 1. The van der Waals surface area contributed by atoms with Gasteiger partial charge < -0.3 is 14.9 Å². The first-order chi connectivity index (χ1) is 14.2. The lowest BCUT2D eigenvalue weighted by atomic mass is 9.80. The first kappa shape index (κ1) is 20.2. The highest BCUT2D eigenvalue weighted by atomic mass is 35.5. The number of phenolic OH excluding ortho intramolecular Hbond substituents is 1. The number of ether oxygens (including phenoxy) is 1. The molecule has 0 spiro atoms. The molecule has 30 heavy (non-hydrogen) atoms. The van der Waals surface area contributed by atoms with Gasteiger partial charge in [0, 0.05) is 16.6 Å². The number of methoxy groups -OCH3 is 1. The van der Waals surface area contributed by atoms with Crippen molar-refractivity contribution in [2.24, 2.45) is 11.8 Å². The van der Waals surface area contributed by atoms with Crippen molar-refractivity contribution in [3.63, 3.8) is 0 Å². The smallest absolute Gasteiger partial charge is 0.324 e. The van der Waals surface area contributed by atoms with Crippen molar-refractivity contribution >= 4 is 35.1 Å². The maximum absolute atomic E-state index is 13.4. The van der Waals surface area contributed by atoms with Gasteiger partial charge in [-0.05, 0) is 31.2 Å². The third-order valence-corrected chi connectivity index (χ3v) is 6.12. The molecule has 2 saturated heterocycles. The second kappa shape index (κ2) is 7.00. The van der Waals surface area contributed by atoms with Crippen LogP contribution in [0.15, 0.2) is 42.5 Å². The standard InChI is InChI=1S/C21H19ClN2O6/c1-21(20(28)29)15-14(16(23-21)12-7-4-8-13(30-2)17(12)25)18(26)24(19(15)27)11-6-3-5-10(22)9-11/h3-9,14-16,23,25H,1-2H3,(H,28,29)/t14-,15+,16+,21+/m1/s1. The minimum absolute atomic E-state index is 0.179. The predicted molar refractivity (Wildman–Crippen MR) is 108 cm³/mol. The molecular weight excluding hydrogens is 412 g/mol. The summed E-state index contributed by atoms with van der Waals surface area (Å²) < 4.78 is 5.14. The topological polar surface area (TPSA) is 116 Å². The minimum atomic E-state index is -1.72. The van der Waals surface area contributed by atoms with E-state index in [2.05, 4.69) is 5.32 Å². The fraction of sp³-hybridized carbons (Fsp3) is 0.286. The number of aromatic hydroxyl groups is 1. The molecule has 9 heteroatoms. The summed E-state index contributed by atoms with van der Waals surface area (Å²) in [7, 11) is 1.39. The van der Waals surface area contributed by atoms with Crippen LogP contribution in [-0.4, -0.2) is 40.6 Å². The number of anilines is 1. The van der Waals surface area contributed by atoms with Crippen molar-refractivity contribution in [3.05, 3.63) is 53.1 Å². The number of halogens is 1. The molecule has 0 radical (unpaired) electrons. The summed E-state index contributed by atoms with van der Waals surface area (Å²) in [5.41, 5.74) is -1.16. The average molecular weight is 431 g/mol. The Morgan fingerprint density at radius 3 is 2.53 bits per heavy atom. The molecule has 2 aromatic carbocycles. The highest BCUT2D eigenvalue weighted by Crippen LogP contribution is 2.52. The number of nitrogens with one attached hydrogen (secondary N) is 1. The van der Waals surface area contributed by atoms with Crippen molar-refractivity contribution in [3.8, 4) is 11.5 Å². The Hall–Kier alpha value is -3.10. The monoisotopic (exact) mass is 430 g/mol. The maximum atomic E-state index is 13.4. The van der Waals surface area contributed by atoms with E-state index in [1.807, 2.05) is 0 Å². The number of hydrogen-bond donors (Lipinski definition) is 3. The van der Waals surface area contributed by atoms with Gasteiger partial charge in [0.1, 0.15) is 5.54 Å². The molecule has 2 aliphatic heterocycles. The fourth-order valence-electron chi connectivity index (χ4n) is 4.43. The normalized spacial score (nSPS) is 28.0. The van der Waals surface area contributed by atoms with Gasteiger partial charge in [-0.15, -0.1) is 0 Å². The molecule has 8 nitrogen and oxygen atoms in total. The largest absolute Gasteiger partial charge is 0.504 e. The number of fused-ring (bicyclic) bond motifs is 1. The van der Waals surface area contributed by atoms with E-state index in [0.717, 1.165) is 4.90 Å². The summed E-state index contributed by atoms with van der Waals surface area (Å²) in [4.78, 5) is 39.8. The van der Waals surface area contributed by atoms with Crippen LogP contribution in [0.2, 0.25) is 5.02 Å². The number of benzene rings is 2. The molecule has 4 atom stereocenters. The molecule has 0 saturated carbocycles. The van der Waals surface area contributed by atoms with Gasteiger partial charge >= 0.3 is 5.97 Å². The number of carboxylic acids is 1. The molecular formula is C21H19ClN2O6. The van der Waals surface area contributed by atoms with Gasteiger partial charge in [0.2, 0.25) is 11.8 Å². The average Bonchev–Trinajstić information content (AvgIpc) is 3.16. The molecule has 0 unspecified atom stereocenters. The molecule has 2 aromatic rings. The fourth-order valence-corrected chi connectivity index (χ4v) is 4.61. The molecule has 2 fully saturated rings. The van der Waals surface area contributed by atoms with Crippen LogP contribution in [0.5, 0.6) is 11.5 Å². The maximum Gasteiger partial charge on any atom is 0.324 e. The zero-order valence-electron chi connectivity index (χ0n) is 16.1. The lowest BCUT2D eigenvalue weighted by Crippen LogP contribution is -2.53. The highest BCUT2D eigenvalue weighted by Gasteiger charge is 2.67. The second-order valence-electron chi connectivity index (χ2n) is 7.52. The van der Waals surface area contributed by atoms with E-state index in [1.165, 1.54) is 20.1 Å². The summed E-state index contributed by atoms with van der Waals surface area (Å²) >= 11 is 6.02. The van der Waals surface area contributed by atoms with E-state index in [9.17, 15) is 24.6 Å². The number of carbonyl (C=O) groups is 3. The highest BCUT2D eigenvalue weighted by molar-refractivity contribution is 6.31. The van der Waals surface area contributed by atoms with Crippen LogP contribution in [-0.2, 0) is 14.4 Å². The lowest BCUT2D eigenvalue weighted by Gasteiger charge is -2.27. The molecule has 2 heterocycles. The Bertz CT molecular complexity index is 1070. The Morgan fingerprint density at radius 2 is 1.90 bits per heavy atom. The molecule has 2 aliphatic rings. The van der Waals surface area contributed by atoms with Crippen molar-refractivity contribution in [2.75, 3.05) is 12.0 Å². The number of nitrogens with zero attached hydrogens (tertiary/aromatic N) is 1. The van der Waals surface area contributed by atoms with Crippen molar-refractivity contribution < 1.29 is 29.3 Å². The SMILES string of the molecule is COc1cccc([C@@H]2N[C@](C)(C(=O)O)[C@@H]3C(=O)N(c4cccc(Cl)c4)C(=O)[C@H]32)c1O. The predicted octanol–water partition coefficient (Wildman–Crippen LogP) is 2.35. The number of hydrogen-bond acceptors (Lipinski definition) is 6. The van der Waals surface area contributed by atoms with Gasteiger partial charge in [0.25, 0.3) is 0 Å². The zero-order chi connectivity index (χ0) is 21.8. The molecule has 0 aliphatic carbocycles. The van der Waals surface area contributed by atoms with Gasteiger partial charge in [0.05, 0.1) is 24.6 Å². The Labute approximate surface area is 177 Å². The van der Waals surface area contributed by atoms with Crippen LogP contribution in [0.3, 0.4) is 0 Å². The Kier molecular flexibility index (Phi) is 4.71. The number of amides is 2. The molecule has 2 amide bonds. The van der Waals surface area contributed by atoms with Gasteiger partial charge in [-0.1, -0.05) is 29.8 Å². The van der Waals surface area contributed by atoms with Crippen LogP contribution >= 0.6 is 11.6 Å². The summed E-state index contributed by atoms with van der Waals surface area (Å²) in [5.74, 6) is -4.69. The van der Waals surface area contributed by atoms with Gasteiger partial charge in [-0.2, -0.15) is 0 Å². The van der Waals surface area contributed by atoms with Gasteiger partial charge in [-0.3, -0.25) is 19.7 Å². The van der Waals surface area contributed by atoms with Crippen LogP contribution in [0.1, 0.15) is 18.5 Å². The number of aliphatic carboxylic acids is 1.